The molecule has 2 heterocycles. The fraction of sp³-hybridized carbons (Fsp3) is 0.400. The molecule has 0 unspecified atom stereocenters. The highest BCUT2D eigenvalue weighted by Crippen LogP contribution is 2.35. The fourth-order valence-electron chi connectivity index (χ4n) is 3.57. The average molecular weight is 356 g/mol. The lowest BCUT2D eigenvalue weighted by Gasteiger charge is -2.36. The number of likely N-dealkylation sites (tertiary alicyclic amines) is 1. The zero-order valence-electron chi connectivity index (χ0n) is 15.1. The smallest absolute Gasteiger partial charge is 0.336 e. The highest BCUT2D eigenvalue weighted by molar-refractivity contribution is 5.91. The van der Waals surface area contributed by atoms with Crippen molar-refractivity contribution in [1.82, 2.24) is 9.88 Å². The van der Waals surface area contributed by atoms with Gasteiger partial charge in [0.2, 0.25) is 0 Å². The molecule has 0 bridgehead atoms. The van der Waals surface area contributed by atoms with Gasteiger partial charge in [-0.15, -0.1) is 0 Å². The Morgan fingerprint density at radius 2 is 2.12 bits per heavy atom. The number of pyridine rings is 1. The first kappa shape index (κ1) is 18.2. The number of benzene rings is 1. The van der Waals surface area contributed by atoms with E-state index in [1.165, 1.54) is 7.11 Å². The summed E-state index contributed by atoms with van der Waals surface area (Å²) in [4.78, 5) is 18.6. The highest BCUT2D eigenvalue weighted by atomic mass is 16.5. The molecule has 1 aliphatic heterocycles. The molecule has 0 amide bonds. The van der Waals surface area contributed by atoms with Crippen LogP contribution in [-0.4, -0.2) is 41.7 Å². The molecule has 0 radical (unpaired) electrons. The van der Waals surface area contributed by atoms with E-state index in [-0.39, 0.29) is 11.6 Å². The Bertz CT molecular complexity index is 764. The van der Waals surface area contributed by atoms with Gasteiger partial charge < -0.3 is 14.6 Å². The van der Waals surface area contributed by atoms with Crippen LogP contribution in [-0.2, 0) is 6.54 Å². The monoisotopic (exact) mass is 356 g/mol. The summed E-state index contributed by atoms with van der Waals surface area (Å²) >= 11 is 0. The maximum absolute atomic E-state index is 11.8. The summed E-state index contributed by atoms with van der Waals surface area (Å²) in [6.07, 6.45) is 5.05. The molecule has 1 saturated heterocycles. The molecule has 1 aromatic carbocycles. The number of carboxylic acids is 1. The molecule has 0 aliphatic carbocycles. The maximum atomic E-state index is 11.8. The summed E-state index contributed by atoms with van der Waals surface area (Å²) < 4.78 is 10.7. The van der Waals surface area contributed by atoms with Crippen molar-refractivity contribution in [3.05, 3.63) is 53.3 Å². The molecule has 1 atom stereocenters. The SMILES string of the molecule is COc1cc(OC)c(CN2CCCC[C@H]2c2ccccn2)c(C(=O)O)c1. The van der Waals surface area contributed by atoms with Gasteiger partial charge in [-0.05, 0) is 37.6 Å². The zero-order chi connectivity index (χ0) is 18.5. The summed E-state index contributed by atoms with van der Waals surface area (Å²) in [5.41, 5.74) is 1.91. The van der Waals surface area contributed by atoms with Crippen molar-refractivity contribution in [3.8, 4) is 11.5 Å². The van der Waals surface area contributed by atoms with E-state index < -0.39 is 5.97 Å². The molecule has 0 spiro atoms. The minimum Gasteiger partial charge on any atom is -0.497 e. The molecule has 1 fully saturated rings. The van der Waals surface area contributed by atoms with Crippen molar-refractivity contribution in [1.29, 1.82) is 0 Å². The second-order valence-corrected chi connectivity index (χ2v) is 6.40. The number of carboxylic acid groups (broad SMARTS) is 1. The number of rotatable bonds is 6. The van der Waals surface area contributed by atoms with Crippen molar-refractivity contribution in [3.63, 3.8) is 0 Å². The first-order valence-corrected chi connectivity index (χ1v) is 8.77. The van der Waals surface area contributed by atoms with E-state index in [9.17, 15) is 9.90 Å². The lowest BCUT2D eigenvalue weighted by Crippen LogP contribution is -2.34. The third kappa shape index (κ3) is 3.80. The number of aromatic nitrogens is 1. The minimum atomic E-state index is -0.983. The van der Waals surface area contributed by atoms with Crippen LogP contribution in [0.5, 0.6) is 11.5 Å². The predicted octanol–water partition coefficient (Wildman–Crippen LogP) is 3.52. The van der Waals surface area contributed by atoms with Gasteiger partial charge in [-0.1, -0.05) is 12.5 Å². The lowest BCUT2D eigenvalue weighted by atomic mass is 9.96. The largest absolute Gasteiger partial charge is 0.497 e. The number of hydrogen-bond donors (Lipinski definition) is 1. The Morgan fingerprint density at radius 3 is 2.77 bits per heavy atom. The number of nitrogens with zero attached hydrogens (tertiary/aromatic N) is 2. The molecule has 1 N–H and O–H groups in total. The van der Waals surface area contributed by atoms with Crippen LogP contribution in [0.2, 0.25) is 0 Å². The number of piperidine rings is 1. The second kappa shape index (κ2) is 8.19. The Labute approximate surface area is 153 Å². The summed E-state index contributed by atoms with van der Waals surface area (Å²) in [6, 6.07) is 9.41. The van der Waals surface area contributed by atoms with Gasteiger partial charge in [-0.25, -0.2) is 4.79 Å². The third-order valence-corrected chi connectivity index (χ3v) is 4.87. The van der Waals surface area contributed by atoms with E-state index in [1.807, 2.05) is 18.2 Å². The van der Waals surface area contributed by atoms with Gasteiger partial charge in [-0.2, -0.15) is 0 Å². The van der Waals surface area contributed by atoms with Crippen LogP contribution in [0.4, 0.5) is 0 Å². The topological polar surface area (TPSA) is 71.9 Å². The molecule has 6 heteroatoms. The predicted molar refractivity (Wildman–Crippen MR) is 97.7 cm³/mol. The van der Waals surface area contributed by atoms with Gasteiger partial charge in [0.05, 0.1) is 31.5 Å². The van der Waals surface area contributed by atoms with E-state index in [0.717, 1.165) is 31.5 Å². The van der Waals surface area contributed by atoms with Crippen molar-refractivity contribution in [2.45, 2.75) is 31.8 Å². The number of aromatic carboxylic acids is 1. The molecule has 1 aliphatic rings. The Balaban J connectivity index is 1.97. The lowest BCUT2D eigenvalue weighted by molar-refractivity contribution is 0.0690. The summed E-state index contributed by atoms with van der Waals surface area (Å²) in [7, 11) is 3.07. The molecule has 2 aromatic rings. The summed E-state index contributed by atoms with van der Waals surface area (Å²) in [5, 5.41) is 9.68. The maximum Gasteiger partial charge on any atom is 0.336 e. The van der Waals surface area contributed by atoms with E-state index in [1.54, 1.807) is 25.4 Å². The van der Waals surface area contributed by atoms with Gasteiger partial charge in [0.25, 0.3) is 0 Å². The Hall–Kier alpha value is -2.60. The molecule has 26 heavy (non-hydrogen) atoms. The van der Waals surface area contributed by atoms with E-state index >= 15 is 0 Å². The van der Waals surface area contributed by atoms with Crippen LogP contribution in [0.25, 0.3) is 0 Å². The van der Waals surface area contributed by atoms with E-state index in [0.29, 0.717) is 23.6 Å². The van der Waals surface area contributed by atoms with Crippen LogP contribution in [0.3, 0.4) is 0 Å². The fourth-order valence-corrected chi connectivity index (χ4v) is 3.57. The number of carbonyl (C=O) groups is 1. The van der Waals surface area contributed by atoms with Crippen LogP contribution in [0.1, 0.15) is 46.9 Å². The molecule has 6 nitrogen and oxygen atoms in total. The van der Waals surface area contributed by atoms with Gasteiger partial charge >= 0.3 is 5.97 Å². The minimum absolute atomic E-state index is 0.179. The number of hydrogen-bond acceptors (Lipinski definition) is 5. The van der Waals surface area contributed by atoms with Crippen molar-refractivity contribution >= 4 is 5.97 Å². The van der Waals surface area contributed by atoms with E-state index in [2.05, 4.69) is 9.88 Å². The quantitative estimate of drug-likeness (QED) is 0.854. The first-order chi connectivity index (χ1) is 12.6. The molecular weight excluding hydrogens is 332 g/mol. The third-order valence-electron chi connectivity index (χ3n) is 4.87. The van der Waals surface area contributed by atoms with Crippen LogP contribution in [0.15, 0.2) is 36.5 Å². The van der Waals surface area contributed by atoms with Gasteiger partial charge in [0, 0.05) is 24.4 Å². The molecule has 1 aromatic heterocycles. The molecular formula is C20H24N2O4. The van der Waals surface area contributed by atoms with Crippen LogP contribution >= 0.6 is 0 Å². The van der Waals surface area contributed by atoms with Crippen LogP contribution < -0.4 is 9.47 Å². The number of methoxy groups -OCH3 is 2. The molecule has 138 valence electrons. The molecule has 0 saturated carbocycles. The zero-order valence-corrected chi connectivity index (χ0v) is 15.1. The van der Waals surface area contributed by atoms with Crippen molar-refractivity contribution in [2.24, 2.45) is 0 Å². The van der Waals surface area contributed by atoms with Crippen molar-refractivity contribution < 1.29 is 19.4 Å². The van der Waals surface area contributed by atoms with Gasteiger partial charge in [0.15, 0.2) is 0 Å². The number of ether oxygens (including phenoxy) is 2. The van der Waals surface area contributed by atoms with Gasteiger partial charge in [-0.3, -0.25) is 9.88 Å². The van der Waals surface area contributed by atoms with E-state index in [4.69, 9.17) is 9.47 Å². The van der Waals surface area contributed by atoms with Crippen LogP contribution in [0, 0.1) is 0 Å². The average Bonchev–Trinajstić information content (AvgIpc) is 2.69. The highest BCUT2D eigenvalue weighted by Gasteiger charge is 2.28. The second-order valence-electron chi connectivity index (χ2n) is 6.40. The standard InChI is InChI=1S/C20H24N2O4/c1-25-14-11-15(20(23)24)16(19(12-14)26-2)13-22-10-6-4-8-18(22)17-7-3-5-9-21-17/h3,5,7,9,11-12,18H,4,6,8,10,13H2,1-2H3,(H,23,24)/t18-/m0/s1. The first-order valence-electron chi connectivity index (χ1n) is 8.77. The Morgan fingerprint density at radius 1 is 1.27 bits per heavy atom. The summed E-state index contributed by atoms with van der Waals surface area (Å²) in [5.74, 6) is 0.0265. The summed E-state index contributed by atoms with van der Waals surface area (Å²) in [6.45, 7) is 1.39. The van der Waals surface area contributed by atoms with Crippen molar-refractivity contribution in [2.75, 3.05) is 20.8 Å². The molecule has 3 rings (SSSR count). The van der Waals surface area contributed by atoms with Gasteiger partial charge in [0.1, 0.15) is 11.5 Å². The normalized spacial score (nSPS) is 17.7. The Kier molecular flexibility index (Phi) is 5.73.